The minimum Gasteiger partial charge on any atom is -0.326 e. The van der Waals surface area contributed by atoms with Crippen molar-refractivity contribution in [2.24, 2.45) is 5.73 Å². The van der Waals surface area contributed by atoms with Crippen LogP contribution in [0.15, 0.2) is 0 Å². The monoisotopic (exact) mass is 113 g/mol. The first-order valence-corrected chi connectivity index (χ1v) is 3.23. The van der Waals surface area contributed by atoms with Crippen LogP contribution in [0, 0.1) is 0 Å². The summed E-state index contributed by atoms with van der Waals surface area (Å²) in [4.78, 5) is 0. The van der Waals surface area contributed by atoms with Gasteiger partial charge in [0, 0.05) is 18.6 Å². The average Bonchev–Trinajstić information content (AvgIpc) is 1.77. The van der Waals surface area contributed by atoms with E-state index in [9.17, 15) is 0 Å². The highest BCUT2D eigenvalue weighted by atomic mass is 15.0. The SMILES string of the molecule is CC1[N]CCCC1N. The van der Waals surface area contributed by atoms with Crippen molar-refractivity contribution in [3.8, 4) is 0 Å². The van der Waals surface area contributed by atoms with E-state index in [0.29, 0.717) is 12.1 Å². The summed E-state index contributed by atoms with van der Waals surface area (Å²) in [6.45, 7) is 3.11. The maximum Gasteiger partial charge on any atom is 0.0369 e. The molecule has 2 N–H and O–H groups in total. The molecule has 47 valence electrons. The van der Waals surface area contributed by atoms with Crippen molar-refractivity contribution in [2.45, 2.75) is 31.8 Å². The predicted molar refractivity (Wildman–Crippen MR) is 33.7 cm³/mol. The van der Waals surface area contributed by atoms with Crippen molar-refractivity contribution in [1.29, 1.82) is 0 Å². The van der Waals surface area contributed by atoms with Crippen LogP contribution in [0.1, 0.15) is 19.8 Å². The van der Waals surface area contributed by atoms with Gasteiger partial charge in [-0.1, -0.05) is 0 Å². The molecule has 0 saturated carbocycles. The molecule has 0 aliphatic carbocycles. The molecule has 2 atom stereocenters. The second-order valence-electron chi connectivity index (χ2n) is 2.45. The first kappa shape index (κ1) is 6.05. The number of rotatable bonds is 0. The van der Waals surface area contributed by atoms with Crippen molar-refractivity contribution in [2.75, 3.05) is 6.54 Å². The zero-order valence-electron chi connectivity index (χ0n) is 5.30. The van der Waals surface area contributed by atoms with Crippen molar-refractivity contribution < 1.29 is 0 Å². The molecule has 1 radical (unpaired) electrons. The second kappa shape index (κ2) is 2.46. The first-order chi connectivity index (χ1) is 3.80. The third kappa shape index (κ3) is 1.20. The second-order valence-corrected chi connectivity index (χ2v) is 2.45. The number of nitrogens with zero attached hydrogens (tertiary/aromatic N) is 1. The lowest BCUT2D eigenvalue weighted by Gasteiger charge is -2.24. The van der Waals surface area contributed by atoms with Gasteiger partial charge in [-0.2, -0.15) is 0 Å². The molecule has 1 rings (SSSR count). The van der Waals surface area contributed by atoms with Crippen LogP contribution in [-0.4, -0.2) is 18.6 Å². The molecule has 2 heteroatoms. The zero-order chi connectivity index (χ0) is 5.98. The zero-order valence-corrected chi connectivity index (χ0v) is 5.30. The maximum absolute atomic E-state index is 5.68. The van der Waals surface area contributed by atoms with Gasteiger partial charge in [-0.15, -0.1) is 0 Å². The molecule has 0 bridgehead atoms. The summed E-state index contributed by atoms with van der Waals surface area (Å²) in [7, 11) is 0. The van der Waals surface area contributed by atoms with Crippen LogP contribution in [0.25, 0.3) is 0 Å². The largest absolute Gasteiger partial charge is 0.326 e. The van der Waals surface area contributed by atoms with Gasteiger partial charge in [0.15, 0.2) is 0 Å². The van der Waals surface area contributed by atoms with E-state index < -0.39 is 0 Å². The van der Waals surface area contributed by atoms with Crippen LogP contribution in [0.4, 0.5) is 0 Å². The molecule has 1 saturated heterocycles. The van der Waals surface area contributed by atoms with E-state index in [-0.39, 0.29) is 0 Å². The van der Waals surface area contributed by atoms with Gasteiger partial charge >= 0.3 is 0 Å². The minimum absolute atomic E-state index is 0.337. The van der Waals surface area contributed by atoms with Gasteiger partial charge in [0.05, 0.1) is 0 Å². The molecule has 2 unspecified atom stereocenters. The van der Waals surface area contributed by atoms with E-state index in [4.69, 9.17) is 5.73 Å². The summed E-state index contributed by atoms with van der Waals surface area (Å²) in [6, 6.07) is 0.743. The highest BCUT2D eigenvalue weighted by molar-refractivity contribution is 4.79. The highest BCUT2D eigenvalue weighted by Gasteiger charge is 2.16. The van der Waals surface area contributed by atoms with Gasteiger partial charge in [-0.25, -0.2) is 5.32 Å². The molecule has 1 fully saturated rings. The molecule has 0 aromatic heterocycles. The fourth-order valence-corrected chi connectivity index (χ4v) is 0.999. The number of piperidine rings is 1. The van der Waals surface area contributed by atoms with Crippen molar-refractivity contribution in [3.63, 3.8) is 0 Å². The smallest absolute Gasteiger partial charge is 0.0369 e. The highest BCUT2D eigenvalue weighted by Crippen LogP contribution is 2.05. The molecule has 1 aliphatic heterocycles. The van der Waals surface area contributed by atoms with Crippen molar-refractivity contribution >= 4 is 0 Å². The first-order valence-electron chi connectivity index (χ1n) is 3.23. The molecular formula is C6H13N2. The fourth-order valence-electron chi connectivity index (χ4n) is 0.999. The van der Waals surface area contributed by atoms with E-state index in [0.717, 1.165) is 13.0 Å². The maximum atomic E-state index is 5.68. The summed E-state index contributed by atoms with van der Waals surface area (Å²) < 4.78 is 0. The summed E-state index contributed by atoms with van der Waals surface area (Å²) in [5, 5.41) is 4.29. The summed E-state index contributed by atoms with van der Waals surface area (Å²) in [6.07, 6.45) is 2.34. The van der Waals surface area contributed by atoms with E-state index >= 15 is 0 Å². The molecule has 0 spiro atoms. The van der Waals surface area contributed by atoms with E-state index in [1.165, 1.54) is 6.42 Å². The number of hydrogen-bond acceptors (Lipinski definition) is 1. The van der Waals surface area contributed by atoms with Gasteiger partial charge < -0.3 is 5.73 Å². The van der Waals surface area contributed by atoms with Gasteiger partial charge in [-0.05, 0) is 19.8 Å². The Morgan fingerprint density at radius 2 is 2.38 bits per heavy atom. The molecule has 0 amide bonds. The van der Waals surface area contributed by atoms with Gasteiger partial charge in [0.25, 0.3) is 0 Å². The average molecular weight is 113 g/mol. The minimum atomic E-state index is 0.337. The number of hydrogen-bond donors (Lipinski definition) is 1. The lowest BCUT2D eigenvalue weighted by Crippen LogP contribution is -2.43. The Hall–Kier alpha value is -0.0800. The van der Waals surface area contributed by atoms with Crippen LogP contribution >= 0.6 is 0 Å². The van der Waals surface area contributed by atoms with Crippen LogP contribution in [0.2, 0.25) is 0 Å². The lowest BCUT2D eigenvalue weighted by molar-refractivity contribution is 0.364. The predicted octanol–water partition coefficient (Wildman–Crippen LogP) is 0.100. The Labute approximate surface area is 50.4 Å². The van der Waals surface area contributed by atoms with Gasteiger partial charge in [-0.3, -0.25) is 0 Å². The molecule has 8 heavy (non-hydrogen) atoms. The van der Waals surface area contributed by atoms with E-state index in [1.807, 2.05) is 0 Å². The van der Waals surface area contributed by atoms with Crippen LogP contribution < -0.4 is 11.1 Å². The number of nitrogens with two attached hydrogens (primary N) is 1. The van der Waals surface area contributed by atoms with Crippen LogP contribution in [-0.2, 0) is 0 Å². The molecular weight excluding hydrogens is 100 g/mol. The Morgan fingerprint density at radius 3 is 2.75 bits per heavy atom. The molecule has 1 heterocycles. The molecule has 0 aromatic rings. The Balaban J connectivity index is 2.28. The summed E-state index contributed by atoms with van der Waals surface area (Å²) in [5.74, 6) is 0. The van der Waals surface area contributed by atoms with E-state index in [2.05, 4.69) is 12.2 Å². The quantitative estimate of drug-likeness (QED) is 0.475. The lowest BCUT2D eigenvalue weighted by atomic mass is 10.0. The topological polar surface area (TPSA) is 40.1 Å². The third-order valence-electron chi connectivity index (χ3n) is 1.73. The molecule has 0 aromatic carbocycles. The van der Waals surface area contributed by atoms with Gasteiger partial charge in [0.1, 0.15) is 0 Å². The Bertz CT molecular complexity index is 62.9. The Morgan fingerprint density at radius 1 is 1.62 bits per heavy atom. The summed E-state index contributed by atoms with van der Waals surface area (Å²) >= 11 is 0. The van der Waals surface area contributed by atoms with Crippen LogP contribution in [0.3, 0.4) is 0 Å². The molecule has 2 nitrogen and oxygen atoms in total. The van der Waals surface area contributed by atoms with Crippen LogP contribution in [0.5, 0.6) is 0 Å². The Kier molecular flexibility index (Phi) is 1.86. The van der Waals surface area contributed by atoms with Crippen molar-refractivity contribution in [1.82, 2.24) is 5.32 Å². The third-order valence-corrected chi connectivity index (χ3v) is 1.73. The van der Waals surface area contributed by atoms with Crippen molar-refractivity contribution in [3.05, 3.63) is 0 Å². The summed E-state index contributed by atoms with van der Waals surface area (Å²) in [5.41, 5.74) is 5.68. The standard InChI is InChI=1S/C6H13N2/c1-5-6(7)3-2-4-8-5/h5-6H,2-4,7H2,1H3. The normalized spacial score (nSPS) is 39.8. The van der Waals surface area contributed by atoms with E-state index in [1.54, 1.807) is 0 Å². The fraction of sp³-hybridized carbons (Fsp3) is 1.00. The molecule has 1 aliphatic rings. The van der Waals surface area contributed by atoms with Gasteiger partial charge in [0.2, 0.25) is 0 Å².